The molecule has 0 saturated carbocycles. The first kappa shape index (κ1) is 7.84. The smallest absolute Gasteiger partial charge is 0.141 e. The molecule has 4 heteroatoms. The third kappa shape index (κ3) is 1.75. The summed E-state index contributed by atoms with van der Waals surface area (Å²) < 4.78 is 0. The molecule has 50 valence electrons. The summed E-state index contributed by atoms with van der Waals surface area (Å²) in [6.45, 7) is 5.60. The molecule has 0 aromatic heterocycles. The van der Waals surface area contributed by atoms with Crippen LogP contribution in [0.25, 0.3) is 0 Å². The SMILES string of the molecule is CC(C)(C)[N+](N)(N)N. The molecule has 0 radical (unpaired) electrons. The fourth-order valence-electron chi connectivity index (χ4n) is 0. The second kappa shape index (κ2) is 1.66. The van der Waals surface area contributed by atoms with Crippen LogP contribution < -0.4 is 17.5 Å². The van der Waals surface area contributed by atoms with Crippen molar-refractivity contribution in [3.63, 3.8) is 0 Å². The van der Waals surface area contributed by atoms with Crippen LogP contribution in [0.15, 0.2) is 0 Å². The van der Waals surface area contributed by atoms with Crippen molar-refractivity contribution in [2.24, 2.45) is 17.5 Å². The molecule has 0 aromatic rings. The van der Waals surface area contributed by atoms with E-state index in [4.69, 9.17) is 17.5 Å². The highest BCUT2D eigenvalue weighted by molar-refractivity contribution is 4.54. The highest BCUT2D eigenvalue weighted by Gasteiger charge is 2.30. The molecule has 0 heterocycles. The van der Waals surface area contributed by atoms with Gasteiger partial charge in [0, 0.05) is 0 Å². The average Bonchev–Trinajstić information content (AvgIpc) is 1.25. The third-order valence-corrected chi connectivity index (χ3v) is 1.16. The van der Waals surface area contributed by atoms with Crippen LogP contribution in [0.2, 0.25) is 0 Å². The van der Waals surface area contributed by atoms with E-state index in [0.717, 1.165) is 0 Å². The lowest BCUT2D eigenvalue weighted by molar-refractivity contribution is -1.00. The van der Waals surface area contributed by atoms with E-state index in [2.05, 4.69) is 0 Å². The molecule has 0 aromatic carbocycles. The Bertz CT molecular complexity index is 63.0. The summed E-state index contributed by atoms with van der Waals surface area (Å²) >= 11 is 0. The number of rotatable bonds is 0. The molecule has 0 aliphatic carbocycles. The van der Waals surface area contributed by atoms with Crippen LogP contribution in [0.4, 0.5) is 0 Å². The van der Waals surface area contributed by atoms with Crippen LogP contribution in [0, 0.1) is 0 Å². The lowest BCUT2D eigenvalue weighted by Gasteiger charge is -2.32. The van der Waals surface area contributed by atoms with Gasteiger partial charge in [-0.05, 0) is 20.8 Å². The van der Waals surface area contributed by atoms with Crippen LogP contribution in [0.3, 0.4) is 0 Å². The molecule has 0 spiro atoms. The average molecular weight is 119 g/mol. The molecule has 0 unspecified atom stereocenters. The van der Waals surface area contributed by atoms with Crippen LogP contribution in [-0.2, 0) is 0 Å². The van der Waals surface area contributed by atoms with E-state index in [1.165, 1.54) is 0 Å². The quantitative estimate of drug-likeness (QED) is 0.222. The Morgan fingerprint density at radius 1 is 1.00 bits per heavy atom. The zero-order valence-electron chi connectivity index (χ0n) is 5.68. The van der Waals surface area contributed by atoms with Gasteiger partial charge in [-0.2, -0.15) is 0 Å². The summed E-state index contributed by atoms with van der Waals surface area (Å²) in [5.41, 5.74) is -0.292. The van der Waals surface area contributed by atoms with Gasteiger partial charge in [0.2, 0.25) is 0 Å². The van der Waals surface area contributed by atoms with Gasteiger partial charge in [-0.1, -0.05) is 0 Å². The summed E-state index contributed by atoms with van der Waals surface area (Å²) in [6.07, 6.45) is 0. The lowest BCUT2D eigenvalue weighted by atomic mass is 10.1. The molecular weight excluding hydrogens is 104 g/mol. The predicted octanol–water partition coefficient (Wildman–Crippen LogP) is -0.777. The maximum atomic E-state index is 5.31. The van der Waals surface area contributed by atoms with Gasteiger partial charge in [0.25, 0.3) is 0 Å². The van der Waals surface area contributed by atoms with Crippen LogP contribution >= 0.6 is 0 Å². The summed E-state index contributed by atoms with van der Waals surface area (Å²) in [6, 6.07) is 0. The molecule has 0 rings (SSSR count). The van der Waals surface area contributed by atoms with Crippen molar-refractivity contribution in [2.75, 3.05) is 0 Å². The van der Waals surface area contributed by atoms with Crippen molar-refractivity contribution in [1.82, 2.24) is 0 Å². The van der Waals surface area contributed by atoms with Crippen molar-refractivity contribution in [3.05, 3.63) is 0 Å². The fraction of sp³-hybridized carbons (Fsp3) is 1.00. The van der Waals surface area contributed by atoms with Crippen molar-refractivity contribution >= 4 is 0 Å². The minimum Gasteiger partial charge on any atom is -0.141 e. The highest BCUT2D eigenvalue weighted by Crippen LogP contribution is 2.06. The molecule has 0 aliphatic heterocycles. The molecule has 0 atom stereocenters. The predicted molar refractivity (Wildman–Crippen MR) is 32.6 cm³/mol. The first-order valence-electron chi connectivity index (χ1n) is 2.50. The number of quaternary nitrogens is 1. The third-order valence-electron chi connectivity index (χ3n) is 1.16. The Balaban J connectivity index is 4.02. The molecule has 8 heavy (non-hydrogen) atoms. The van der Waals surface area contributed by atoms with Gasteiger partial charge in [0.1, 0.15) is 5.54 Å². The molecule has 4 nitrogen and oxygen atoms in total. The maximum absolute atomic E-state index is 5.31. The van der Waals surface area contributed by atoms with E-state index in [1.54, 1.807) is 0 Å². The van der Waals surface area contributed by atoms with Gasteiger partial charge >= 0.3 is 0 Å². The molecule has 0 bridgehead atoms. The summed E-state index contributed by atoms with van der Waals surface area (Å²) in [4.78, 5) is -0.479. The minimum absolute atomic E-state index is 0.292. The van der Waals surface area contributed by atoms with E-state index in [9.17, 15) is 0 Å². The molecule has 6 N–H and O–H groups in total. The van der Waals surface area contributed by atoms with Crippen molar-refractivity contribution in [2.45, 2.75) is 26.3 Å². The van der Waals surface area contributed by atoms with Crippen LogP contribution in [0.1, 0.15) is 20.8 Å². The summed E-state index contributed by atoms with van der Waals surface area (Å²) in [5, 5.41) is 0. The Morgan fingerprint density at radius 2 is 1.12 bits per heavy atom. The second-order valence-electron chi connectivity index (χ2n) is 3.01. The largest absolute Gasteiger partial charge is 0.145 e. The number of hydrogen-bond donors (Lipinski definition) is 3. The van der Waals surface area contributed by atoms with Gasteiger partial charge in [-0.15, -0.1) is 22.3 Å². The number of hydrogen-bond acceptors (Lipinski definition) is 3. The number of nitrogens with zero attached hydrogens (tertiary/aromatic N) is 1. The summed E-state index contributed by atoms with van der Waals surface area (Å²) in [7, 11) is 0. The fourth-order valence-corrected chi connectivity index (χ4v) is 0. The van der Waals surface area contributed by atoms with Crippen molar-refractivity contribution in [1.29, 1.82) is 0 Å². The van der Waals surface area contributed by atoms with Gasteiger partial charge in [-0.3, -0.25) is 0 Å². The van der Waals surface area contributed by atoms with Crippen LogP contribution in [-0.4, -0.2) is 10.3 Å². The molecule has 0 saturated heterocycles. The second-order valence-corrected chi connectivity index (χ2v) is 3.01. The van der Waals surface area contributed by atoms with Gasteiger partial charge in [-0.25, -0.2) is 0 Å². The molecule has 0 aliphatic rings. The Morgan fingerprint density at radius 3 is 1.12 bits per heavy atom. The zero-order valence-corrected chi connectivity index (χ0v) is 5.68. The van der Waals surface area contributed by atoms with E-state index < -0.39 is 4.81 Å². The molecule has 0 fully saturated rings. The van der Waals surface area contributed by atoms with Gasteiger partial charge < -0.3 is 0 Å². The number of nitrogens with two attached hydrogens (primary N) is 3. The molecular formula is C4H15N4+. The first-order chi connectivity index (χ1) is 3.25. The van der Waals surface area contributed by atoms with E-state index in [1.807, 2.05) is 20.8 Å². The summed E-state index contributed by atoms with van der Waals surface area (Å²) in [5.74, 6) is 15.9. The van der Waals surface area contributed by atoms with E-state index in [-0.39, 0.29) is 5.54 Å². The first-order valence-corrected chi connectivity index (χ1v) is 2.50. The zero-order chi connectivity index (χ0) is 7.00. The topological polar surface area (TPSA) is 78.1 Å². The van der Waals surface area contributed by atoms with E-state index in [0.29, 0.717) is 0 Å². The van der Waals surface area contributed by atoms with E-state index >= 15 is 0 Å². The maximum Gasteiger partial charge on any atom is 0.145 e. The van der Waals surface area contributed by atoms with Crippen molar-refractivity contribution in [3.8, 4) is 0 Å². The van der Waals surface area contributed by atoms with Crippen molar-refractivity contribution < 1.29 is 4.81 Å². The van der Waals surface area contributed by atoms with Gasteiger partial charge in [0.05, 0.1) is 0 Å². The minimum atomic E-state index is -0.479. The lowest BCUT2D eigenvalue weighted by Crippen LogP contribution is -2.74. The Labute approximate surface area is 49.7 Å². The monoisotopic (exact) mass is 119 g/mol. The normalized spacial score (nSPS) is 14.2. The van der Waals surface area contributed by atoms with Gasteiger partial charge in [0.15, 0.2) is 0 Å². The Hall–Kier alpha value is -0.160. The standard InChI is InChI=1S/C4H15N4/c1-4(2,3)8(5,6)7/h5-7H2,1-3H3/q+1. The molecule has 0 amide bonds. The highest BCUT2D eigenvalue weighted by atomic mass is 15.9. The Kier molecular flexibility index (Phi) is 1.63. The van der Waals surface area contributed by atoms with Crippen LogP contribution in [0.5, 0.6) is 0 Å².